The molecular formula is C12H19FN2O2S. The van der Waals surface area contributed by atoms with Crippen LogP contribution in [0.5, 0.6) is 0 Å². The molecule has 18 heavy (non-hydrogen) atoms. The van der Waals surface area contributed by atoms with Gasteiger partial charge in [-0.25, -0.2) is 12.8 Å². The molecule has 1 unspecified atom stereocenters. The summed E-state index contributed by atoms with van der Waals surface area (Å²) in [6.45, 7) is 4.76. The molecule has 1 aromatic rings. The van der Waals surface area contributed by atoms with Crippen LogP contribution in [-0.2, 0) is 9.84 Å². The minimum absolute atomic E-state index is 0.378. The zero-order valence-corrected chi connectivity index (χ0v) is 11.8. The van der Waals surface area contributed by atoms with Gasteiger partial charge in [-0.2, -0.15) is 0 Å². The fraction of sp³-hybridized carbons (Fsp3) is 0.500. The van der Waals surface area contributed by atoms with E-state index in [9.17, 15) is 12.8 Å². The van der Waals surface area contributed by atoms with E-state index in [1.165, 1.54) is 6.07 Å². The molecule has 0 spiro atoms. The predicted octanol–water partition coefficient (Wildman–Crippen LogP) is 1.46. The Labute approximate surface area is 107 Å². The Hall–Kier alpha value is -0.980. The van der Waals surface area contributed by atoms with Gasteiger partial charge in [0, 0.05) is 6.26 Å². The third-order valence-electron chi connectivity index (χ3n) is 3.35. The number of nitrogens with two attached hydrogens (primary N) is 1. The summed E-state index contributed by atoms with van der Waals surface area (Å²) >= 11 is 0. The van der Waals surface area contributed by atoms with Gasteiger partial charge in [-0.05, 0) is 38.0 Å². The van der Waals surface area contributed by atoms with Crippen LogP contribution in [-0.4, -0.2) is 19.4 Å². The lowest BCUT2D eigenvalue weighted by Gasteiger charge is -2.32. The molecule has 0 aliphatic heterocycles. The first-order chi connectivity index (χ1) is 8.11. The van der Waals surface area contributed by atoms with Gasteiger partial charge in [0.25, 0.3) is 0 Å². The van der Waals surface area contributed by atoms with Crippen LogP contribution in [0.15, 0.2) is 18.2 Å². The first-order valence-electron chi connectivity index (χ1n) is 5.53. The van der Waals surface area contributed by atoms with E-state index in [2.05, 4.69) is 5.43 Å². The molecular weight excluding hydrogens is 255 g/mol. The third-order valence-corrected chi connectivity index (χ3v) is 5.49. The van der Waals surface area contributed by atoms with Crippen LogP contribution < -0.4 is 11.3 Å². The average molecular weight is 274 g/mol. The van der Waals surface area contributed by atoms with Crippen LogP contribution in [0, 0.1) is 12.7 Å². The number of halogens is 1. The second kappa shape index (κ2) is 4.95. The summed E-state index contributed by atoms with van der Waals surface area (Å²) in [6, 6.07) is 3.92. The Bertz CT molecular complexity index is 541. The minimum Gasteiger partial charge on any atom is -0.271 e. The molecule has 0 saturated heterocycles. The molecule has 1 atom stereocenters. The van der Waals surface area contributed by atoms with Crippen molar-refractivity contribution in [3.8, 4) is 0 Å². The summed E-state index contributed by atoms with van der Waals surface area (Å²) in [7, 11) is -3.35. The van der Waals surface area contributed by atoms with Crippen molar-refractivity contribution >= 4 is 9.84 Å². The fourth-order valence-corrected chi connectivity index (χ4v) is 2.33. The monoisotopic (exact) mass is 274 g/mol. The number of sulfone groups is 1. The highest BCUT2D eigenvalue weighted by atomic mass is 32.2. The summed E-state index contributed by atoms with van der Waals surface area (Å²) in [5.41, 5.74) is 3.48. The molecule has 0 aliphatic carbocycles. The maximum Gasteiger partial charge on any atom is 0.154 e. The zero-order chi connectivity index (χ0) is 14.1. The molecule has 0 fully saturated rings. The van der Waals surface area contributed by atoms with Crippen molar-refractivity contribution in [2.24, 2.45) is 5.84 Å². The van der Waals surface area contributed by atoms with Crippen molar-refractivity contribution in [3.05, 3.63) is 35.1 Å². The highest BCUT2D eigenvalue weighted by Crippen LogP contribution is 2.32. The molecule has 1 aromatic carbocycles. The quantitative estimate of drug-likeness (QED) is 0.644. The number of hydrazine groups is 1. The summed E-state index contributed by atoms with van der Waals surface area (Å²) in [6.07, 6.45) is 1.14. The lowest BCUT2D eigenvalue weighted by Crippen LogP contribution is -2.47. The maximum atomic E-state index is 13.5. The Morgan fingerprint density at radius 2 is 1.94 bits per heavy atom. The molecule has 0 aromatic heterocycles. The molecule has 0 aliphatic rings. The molecule has 0 heterocycles. The van der Waals surface area contributed by atoms with E-state index >= 15 is 0 Å². The molecule has 0 radical (unpaired) electrons. The number of aryl methyl sites for hydroxylation is 1. The van der Waals surface area contributed by atoms with Crippen molar-refractivity contribution in [3.63, 3.8) is 0 Å². The summed E-state index contributed by atoms with van der Waals surface area (Å²) in [5, 5.41) is 0. The van der Waals surface area contributed by atoms with Crippen LogP contribution in [0.1, 0.15) is 31.0 Å². The van der Waals surface area contributed by atoms with Crippen molar-refractivity contribution < 1.29 is 12.8 Å². The van der Waals surface area contributed by atoms with Crippen molar-refractivity contribution in [1.82, 2.24) is 5.43 Å². The third kappa shape index (κ3) is 2.71. The topological polar surface area (TPSA) is 72.2 Å². The fourth-order valence-electron chi connectivity index (χ4n) is 1.70. The van der Waals surface area contributed by atoms with E-state index in [1.54, 1.807) is 32.9 Å². The lowest BCUT2D eigenvalue weighted by atomic mass is 9.95. The van der Waals surface area contributed by atoms with Gasteiger partial charge in [-0.15, -0.1) is 0 Å². The minimum atomic E-state index is -3.35. The van der Waals surface area contributed by atoms with E-state index in [0.29, 0.717) is 11.1 Å². The van der Waals surface area contributed by atoms with E-state index in [0.717, 1.165) is 6.26 Å². The number of rotatable bonds is 4. The number of hydrogen-bond donors (Lipinski definition) is 2. The van der Waals surface area contributed by atoms with Crippen molar-refractivity contribution in [1.29, 1.82) is 0 Å². The molecule has 0 saturated carbocycles. The Morgan fingerprint density at radius 1 is 1.39 bits per heavy atom. The van der Waals surface area contributed by atoms with E-state index in [4.69, 9.17) is 5.84 Å². The van der Waals surface area contributed by atoms with Gasteiger partial charge in [-0.1, -0.05) is 12.1 Å². The zero-order valence-electron chi connectivity index (χ0n) is 11.0. The average Bonchev–Trinajstić information content (AvgIpc) is 2.22. The largest absolute Gasteiger partial charge is 0.271 e. The smallest absolute Gasteiger partial charge is 0.154 e. The van der Waals surface area contributed by atoms with Gasteiger partial charge >= 0.3 is 0 Å². The second-order valence-corrected chi connectivity index (χ2v) is 7.58. The Kier molecular flexibility index (Phi) is 4.15. The predicted molar refractivity (Wildman–Crippen MR) is 70.1 cm³/mol. The summed E-state index contributed by atoms with van der Waals surface area (Å²) < 4.78 is 36.0. The second-order valence-electron chi connectivity index (χ2n) is 4.98. The molecule has 3 N–H and O–H groups in total. The Morgan fingerprint density at radius 3 is 2.33 bits per heavy atom. The molecule has 4 nitrogen and oxygen atoms in total. The first-order valence-corrected chi connectivity index (χ1v) is 7.42. The molecule has 6 heteroatoms. The first kappa shape index (κ1) is 15.1. The standard InChI is InChI=1S/C12H19FN2O2S/c1-8-5-6-9(7-10(8)13)11(15-14)12(2,3)18(4,16)17/h5-7,11,15H,14H2,1-4H3. The van der Waals surface area contributed by atoms with E-state index < -0.39 is 20.6 Å². The van der Waals surface area contributed by atoms with Gasteiger partial charge in [0.2, 0.25) is 0 Å². The number of nitrogens with one attached hydrogen (secondary N) is 1. The van der Waals surface area contributed by atoms with Crippen LogP contribution >= 0.6 is 0 Å². The summed E-state index contributed by atoms with van der Waals surface area (Å²) in [4.78, 5) is 0. The number of hydrogen-bond acceptors (Lipinski definition) is 4. The van der Waals surface area contributed by atoms with E-state index in [-0.39, 0.29) is 5.82 Å². The molecule has 0 amide bonds. The van der Waals surface area contributed by atoms with Crippen LogP contribution in [0.25, 0.3) is 0 Å². The number of benzene rings is 1. The van der Waals surface area contributed by atoms with Crippen LogP contribution in [0.3, 0.4) is 0 Å². The van der Waals surface area contributed by atoms with Crippen molar-refractivity contribution in [2.45, 2.75) is 31.6 Å². The highest BCUT2D eigenvalue weighted by molar-refractivity contribution is 7.92. The molecule has 1 rings (SSSR count). The summed E-state index contributed by atoms with van der Waals surface area (Å²) in [5.74, 6) is 5.06. The van der Waals surface area contributed by atoms with Gasteiger partial charge in [0.1, 0.15) is 5.82 Å². The van der Waals surface area contributed by atoms with Crippen LogP contribution in [0.4, 0.5) is 4.39 Å². The molecule has 102 valence electrons. The van der Waals surface area contributed by atoms with Crippen molar-refractivity contribution in [2.75, 3.05) is 6.26 Å². The van der Waals surface area contributed by atoms with E-state index in [1.807, 2.05) is 0 Å². The van der Waals surface area contributed by atoms with Gasteiger partial charge in [0.15, 0.2) is 9.84 Å². The SMILES string of the molecule is Cc1ccc(C(NN)C(C)(C)S(C)(=O)=O)cc1F. The van der Waals surface area contributed by atoms with Gasteiger partial charge in [0.05, 0.1) is 10.8 Å². The van der Waals surface area contributed by atoms with Gasteiger partial charge < -0.3 is 0 Å². The Balaban J connectivity index is 3.30. The normalized spacial score (nSPS) is 14.6. The highest BCUT2D eigenvalue weighted by Gasteiger charge is 2.39. The van der Waals surface area contributed by atoms with Gasteiger partial charge in [-0.3, -0.25) is 11.3 Å². The molecule has 0 bridgehead atoms. The maximum absolute atomic E-state index is 13.5. The van der Waals surface area contributed by atoms with Crippen LogP contribution in [0.2, 0.25) is 0 Å². The lowest BCUT2D eigenvalue weighted by molar-refractivity contribution is 0.426.